The molecule has 1 aliphatic carbocycles. The molecule has 2 N–H and O–H groups in total. The van der Waals surface area contributed by atoms with E-state index in [-0.39, 0.29) is 5.48 Å². The van der Waals surface area contributed by atoms with Gasteiger partial charge in [-0.3, -0.25) is 4.90 Å². The van der Waals surface area contributed by atoms with Crippen LogP contribution in [0.5, 0.6) is 0 Å². The molecular formula is C13H27NO. The van der Waals surface area contributed by atoms with Gasteiger partial charge in [0.05, 0.1) is 0 Å². The van der Waals surface area contributed by atoms with Crippen molar-refractivity contribution in [1.29, 1.82) is 0 Å². The Kier molecular flexibility index (Phi) is 4.60. The van der Waals surface area contributed by atoms with Crippen molar-refractivity contribution in [3.8, 4) is 0 Å². The maximum atomic E-state index is 2.74. The smallest absolute Gasteiger partial charge is 0.0209 e. The molecule has 1 heterocycles. The van der Waals surface area contributed by atoms with E-state index in [1.165, 1.54) is 58.0 Å². The molecule has 1 aliphatic heterocycles. The highest BCUT2D eigenvalue weighted by atomic mass is 16.0. The first-order valence-corrected chi connectivity index (χ1v) is 6.52. The Balaban J connectivity index is 0.00000112. The van der Waals surface area contributed by atoms with Crippen LogP contribution >= 0.6 is 0 Å². The second kappa shape index (κ2) is 5.31. The minimum atomic E-state index is 0. The average Bonchev–Trinajstić information content (AvgIpc) is 2.62. The normalized spacial score (nSPS) is 34.0. The average molecular weight is 213 g/mol. The largest absolute Gasteiger partial charge is 0.412 e. The predicted octanol–water partition coefficient (Wildman–Crippen LogP) is 2.62. The van der Waals surface area contributed by atoms with Crippen molar-refractivity contribution in [3.63, 3.8) is 0 Å². The molecule has 0 radical (unpaired) electrons. The van der Waals surface area contributed by atoms with Crippen LogP contribution in [0.2, 0.25) is 0 Å². The van der Waals surface area contributed by atoms with Gasteiger partial charge in [0.25, 0.3) is 0 Å². The molecule has 15 heavy (non-hydrogen) atoms. The standard InChI is InChI=1S/C13H25N.H2O/c1-3-14-11-7-10-13(14,2)12-8-5-4-6-9-12;/h12H,3-11H2,1-2H3;1H2. The van der Waals surface area contributed by atoms with Crippen molar-refractivity contribution in [2.24, 2.45) is 5.92 Å². The predicted molar refractivity (Wildman–Crippen MR) is 65.1 cm³/mol. The molecule has 2 nitrogen and oxygen atoms in total. The van der Waals surface area contributed by atoms with Crippen LogP contribution in [0.3, 0.4) is 0 Å². The van der Waals surface area contributed by atoms with E-state index in [0.717, 1.165) is 5.92 Å². The van der Waals surface area contributed by atoms with Crippen molar-refractivity contribution >= 4 is 0 Å². The zero-order valence-corrected chi connectivity index (χ0v) is 10.4. The third-order valence-electron chi connectivity index (χ3n) is 4.70. The Labute approximate surface area is 94.3 Å². The second-order valence-electron chi connectivity index (χ2n) is 5.38. The summed E-state index contributed by atoms with van der Waals surface area (Å²) in [5.41, 5.74) is 0.565. The molecule has 2 fully saturated rings. The Morgan fingerprint density at radius 2 is 1.80 bits per heavy atom. The highest BCUT2D eigenvalue weighted by Crippen LogP contribution is 2.42. The van der Waals surface area contributed by atoms with Gasteiger partial charge < -0.3 is 5.48 Å². The van der Waals surface area contributed by atoms with Gasteiger partial charge in [-0.1, -0.05) is 26.2 Å². The van der Waals surface area contributed by atoms with Gasteiger partial charge in [-0.25, -0.2) is 0 Å². The summed E-state index contributed by atoms with van der Waals surface area (Å²) in [6.07, 6.45) is 10.3. The minimum absolute atomic E-state index is 0. The van der Waals surface area contributed by atoms with E-state index >= 15 is 0 Å². The SMILES string of the molecule is CCN1CCCC1(C)C1CCCCC1.O. The molecule has 0 spiro atoms. The molecule has 1 saturated carbocycles. The first kappa shape index (κ1) is 13.0. The first-order valence-electron chi connectivity index (χ1n) is 6.52. The molecule has 90 valence electrons. The van der Waals surface area contributed by atoms with Crippen molar-refractivity contribution < 1.29 is 5.48 Å². The fourth-order valence-corrected chi connectivity index (χ4v) is 3.75. The van der Waals surface area contributed by atoms with Crippen molar-refractivity contribution in [3.05, 3.63) is 0 Å². The van der Waals surface area contributed by atoms with Crippen molar-refractivity contribution in [1.82, 2.24) is 4.90 Å². The Hall–Kier alpha value is -0.0800. The third-order valence-corrected chi connectivity index (χ3v) is 4.70. The lowest BCUT2D eigenvalue weighted by Gasteiger charge is -2.43. The molecule has 2 heteroatoms. The van der Waals surface area contributed by atoms with Crippen molar-refractivity contribution in [2.75, 3.05) is 13.1 Å². The fraction of sp³-hybridized carbons (Fsp3) is 1.00. The summed E-state index contributed by atoms with van der Waals surface area (Å²) in [5.74, 6) is 0.999. The summed E-state index contributed by atoms with van der Waals surface area (Å²) in [6.45, 7) is 7.46. The molecule has 0 aromatic heterocycles. The molecule has 1 saturated heterocycles. The number of hydrogen-bond acceptors (Lipinski definition) is 1. The molecule has 0 aromatic rings. The maximum Gasteiger partial charge on any atom is 0.0209 e. The van der Waals surface area contributed by atoms with Gasteiger partial charge in [-0.05, 0) is 51.6 Å². The van der Waals surface area contributed by atoms with E-state index in [1.807, 2.05) is 0 Å². The van der Waals surface area contributed by atoms with Gasteiger partial charge >= 0.3 is 0 Å². The van der Waals surface area contributed by atoms with Gasteiger partial charge in [0.15, 0.2) is 0 Å². The maximum absolute atomic E-state index is 2.74. The second-order valence-corrected chi connectivity index (χ2v) is 5.38. The third kappa shape index (κ3) is 2.36. The molecule has 2 aliphatic rings. The van der Waals surface area contributed by atoms with Crippen LogP contribution in [0.25, 0.3) is 0 Å². The van der Waals surface area contributed by atoms with Crippen LogP contribution in [0.4, 0.5) is 0 Å². The molecule has 1 atom stereocenters. The monoisotopic (exact) mass is 213 g/mol. The Morgan fingerprint density at radius 1 is 1.13 bits per heavy atom. The zero-order chi connectivity index (χ0) is 10.0. The topological polar surface area (TPSA) is 34.7 Å². The highest BCUT2D eigenvalue weighted by molar-refractivity contribution is 4.97. The fourth-order valence-electron chi connectivity index (χ4n) is 3.75. The van der Waals surface area contributed by atoms with Crippen molar-refractivity contribution in [2.45, 2.75) is 64.3 Å². The van der Waals surface area contributed by atoms with Gasteiger partial charge in [0, 0.05) is 5.54 Å². The lowest BCUT2D eigenvalue weighted by Crippen LogP contribution is -2.47. The van der Waals surface area contributed by atoms with E-state index in [9.17, 15) is 0 Å². The lowest BCUT2D eigenvalue weighted by molar-refractivity contribution is 0.0711. The number of nitrogens with zero attached hydrogens (tertiary/aromatic N) is 1. The quantitative estimate of drug-likeness (QED) is 0.694. The first-order chi connectivity index (χ1) is 6.77. The zero-order valence-electron chi connectivity index (χ0n) is 10.4. The van der Waals surface area contributed by atoms with Gasteiger partial charge in [0.2, 0.25) is 0 Å². The summed E-state index contributed by atoms with van der Waals surface area (Å²) < 4.78 is 0. The van der Waals surface area contributed by atoms with E-state index in [4.69, 9.17) is 0 Å². The molecular weight excluding hydrogens is 186 g/mol. The van der Waals surface area contributed by atoms with E-state index < -0.39 is 0 Å². The van der Waals surface area contributed by atoms with Crippen LogP contribution in [-0.4, -0.2) is 29.0 Å². The molecule has 0 bridgehead atoms. The van der Waals surface area contributed by atoms with E-state index in [1.54, 1.807) is 0 Å². The van der Waals surface area contributed by atoms with Crippen LogP contribution in [-0.2, 0) is 0 Å². The number of hydrogen-bond donors (Lipinski definition) is 0. The van der Waals surface area contributed by atoms with Crippen LogP contribution in [0, 0.1) is 5.92 Å². The number of rotatable bonds is 2. The highest BCUT2D eigenvalue weighted by Gasteiger charge is 2.42. The minimum Gasteiger partial charge on any atom is -0.412 e. The summed E-state index contributed by atoms with van der Waals surface area (Å²) >= 11 is 0. The van der Waals surface area contributed by atoms with E-state index in [0.29, 0.717) is 5.54 Å². The van der Waals surface area contributed by atoms with E-state index in [2.05, 4.69) is 18.7 Å². The van der Waals surface area contributed by atoms with Crippen LogP contribution in [0.1, 0.15) is 58.8 Å². The van der Waals surface area contributed by atoms with Crippen LogP contribution in [0.15, 0.2) is 0 Å². The molecule has 2 rings (SSSR count). The Morgan fingerprint density at radius 3 is 2.40 bits per heavy atom. The van der Waals surface area contributed by atoms with Crippen LogP contribution < -0.4 is 0 Å². The van der Waals surface area contributed by atoms with Gasteiger partial charge in [-0.15, -0.1) is 0 Å². The lowest BCUT2D eigenvalue weighted by atomic mass is 9.74. The molecule has 0 amide bonds. The number of likely N-dealkylation sites (tertiary alicyclic amines) is 1. The summed E-state index contributed by atoms with van der Waals surface area (Å²) in [5, 5.41) is 0. The molecule has 0 aromatic carbocycles. The summed E-state index contributed by atoms with van der Waals surface area (Å²) in [6, 6.07) is 0. The summed E-state index contributed by atoms with van der Waals surface area (Å²) in [7, 11) is 0. The Bertz CT molecular complexity index is 189. The molecule has 1 unspecified atom stereocenters. The summed E-state index contributed by atoms with van der Waals surface area (Å²) in [4.78, 5) is 2.74. The van der Waals surface area contributed by atoms with Gasteiger partial charge in [-0.2, -0.15) is 0 Å². The van der Waals surface area contributed by atoms with Gasteiger partial charge in [0.1, 0.15) is 0 Å².